The fourth-order valence-electron chi connectivity index (χ4n) is 0.789. The van der Waals surface area contributed by atoms with Gasteiger partial charge in [0, 0.05) is 22.4 Å². The number of allylic oxidation sites excluding steroid dienone is 1. The van der Waals surface area contributed by atoms with Gasteiger partial charge in [-0.3, -0.25) is 9.78 Å². The van der Waals surface area contributed by atoms with Crippen molar-refractivity contribution in [3.63, 3.8) is 0 Å². The molecule has 2 nitrogen and oxygen atoms in total. The first-order valence-corrected chi connectivity index (χ1v) is 4.22. The minimum absolute atomic E-state index is 0.0516. The summed E-state index contributed by atoms with van der Waals surface area (Å²) in [4.78, 5) is 15.3. The van der Waals surface area contributed by atoms with Gasteiger partial charge in [-0.15, -0.1) is 0 Å². The average molecular weight is 226 g/mol. The maximum absolute atomic E-state index is 11.4. The maximum atomic E-state index is 11.4. The highest BCUT2D eigenvalue weighted by atomic mass is 79.9. The van der Waals surface area contributed by atoms with E-state index in [1.54, 1.807) is 25.4 Å². The number of carbonyl (C=O) groups is 1. The largest absolute Gasteiger partial charge is 0.289 e. The van der Waals surface area contributed by atoms with Crippen LogP contribution in [0.2, 0.25) is 0 Å². The molecule has 0 saturated heterocycles. The Hall–Kier alpha value is -0.960. The number of pyridine rings is 1. The molecular formula is C9H8BrNO. The van der Waals surface area contributed by atoms with Gasteiger partial charge in [0.15, 0.2) is 5.78 Å². The molecule has 1 aromatic heterocycles. The van der Waals surface area contributed by atoms with Gasteiger partial charge in [0.25, 0.3) is 0 Å². The lowest BCUT2D eigenvalue weighted by Crippen LogP contribution is -2.00. The van der Waals surface area contributed by atoms with Crippen molar-refractivity contribution in [1.29, 1.82) is 0 Å². The van der Waals surface area contributed by atoms with E-state index in [2.05, 4.69) is 27.5 Å². The topological polar surface area (TPSA) is 30.0 Å². The molecule has 62 valence electrons. The van der Waals surface area contributed by atoms with Crippen LogP contribution in [0.5, 0.6) is 0 Å². The summed E-state index contributed by atoms with van der Waals surface area (Å²) in [6.45, 7) is 5.27. The van der Waals surface area contributed by atoms with Crippen LogP contribution < -0.4 is 0 Å². The Balaban J connectivity index is 3.11. The van der Waals surface area contributed by atoms with E-state index >= 15 is 0 Å². The van der Waals surface area contributed by atoms with Crippen LogP contribution in [0.4, 0.5) is 0 Å². The molecule has 0 aliphatic heterocycles. The zero-order valence-corrected chi connectivity index (χ0v) is 8.26. The second-order valence-electron chi connectivity index (χ2n) is 2.46. The number of Topliss-reactive ketones (excluding diaryl/α,β-unsaturated/α-hetero) is 1. The van der Waals surface area contributed by atoms with Crippen molar-refractivity contribution in [2.75, 3.05) is 0 Å². The molecule has 12 heavy (non-hydrogen) atoms. The highest BCUT2D eigenvalue weighted by molar-refractivity contribution is 9.10. The predicted molar refractivity (Wildman–Crippen MR) is 51.1 cm³/mol. The Labute approximate surface area is 79.5 Å². The summed E-state index contributed by atoms with van der Waals surface area (Å²) >= 11 is 3.24. The molecule has 1 heterocycles. The first-order chi connectivity index (χ1) is 5.63. The molecular weight excluding hydrogens is 218 g/mol. The molecule has 0 amide bonds. The Kier molecular flexibility index (Phi) is 2.76. The molecule has 0 bridgehead atoms. The van der Waals surface area contributed by atoms with Crippen molar-refractivity contribution in [1.82, 2.24) is 4.98 Å². The molecule has 0 aromatic carbocycles. The fourth-order valence-corrected chi connectivity index (χ4v) is 1.22. The average Bonchev–Trinajstić information content (AvgIpc) is 2.04. The summed E-state index contributed by atoms with van der Waals surface area (Å²) in [5, 5.41) is 0. The number of hydrogen-bond donors (Lipinski definition) is 0. The lowest BCUT2D eigenvalue weighted by atomic mass is 10.1. The normalized spacial score (nSPS) is 9.50. The third-order valence-electron chi connectivity index (χ3n) is 1.40. The van der Waals surface area contributed by atoms with E-state index in [0.717, 1.165) is 0 Å². The van der Waals surface area contributed by atoms with E-state index in [4.69, 9.17) is 0 Å². The maximum Gasteiger partial charge on any atom is 0.189 e. The molecule has 0 spiro atoms. The molecule has 0 fully saturated rings. The Morgan fingerprint density at radius 1 is 1.67 bits per heavy atom. The van der Waals surface area contributed by atoms with Gasteiger partial charge in [0.05, 0.1) is 0 Å². The number of ketones is 1. The Morgan fingerprint density at radius 2 is 2.33 bits per heavy atom. The number of nitrogens with zero attached hydrogens (tertiary/aromatic N) is 1. The molecule has 0 aliphatic rings. The number of carbonyl (C=O) groups excluding carboxylic acids is 1. The van der Waals surface area contributed by atoms with Gasteiger partial charge in [-0.05, 0) is 34.5 Å². The minimum atomic E-state index is -0.0516. The van der Waals surface area contributed by atoms with Crippen molar-refractivity contribution < 1.29 is 4.79 Å². The number of aromatic nitrogens is 1. The lowest BCUT2D eigenvalue weighted by Gasteiger charge is -2.00. The van der Waals surface area contributed by atoms with Crippen molar-refractivity contribution >= 4 is 21.7 Å². The van der Waals surface area contributed by atoms with Crippen LogP contribution in [0.3, 0.4) is 0 Å². The molecule has 1 rings (SSSR count). The third-order valence-corrected chi connectivity index (χ3v) is 2.04. The number of rotatable bonds is 2. The minimum Gasteiger partial charge on any atom is -0.289 e. The smallest absolute Gasteiger partial charge is 0.189 e. The van der Waals surface area contributed by atoms with Gasteiger partial charge < -0.3 is 0 Å². The fraction of sp³-hybridized carbons (Fsp3) is 0.111. The molecule has 1 aromatic rings. The molecule has 0 radical (unpaired) electrons. The molecule has 0 unspecified atom stereocenters. The van der Waals surface area contributed by atoms with Gasteiger partial charge in [0.2, 0.25) is 0 Å². The summed E-state index contributed by atoms with van der Waals surface area (Å²) in [6, 6.07) is 1.67. The Bertz CT molecular complexity index is 333. The van der Waals surface area contributed by atoms with E-state index in [1.807, 2.05) is 0 Å². The molecule has 0 saturated carbocycles. The van der Waals surface area contributed by atoms with Gasteiger partial charge >= 0.3 is 0 Å². The van der Waals surface area contributed by atoms with Crippen molar-refractivity contribution in [2.24, 2.45) is 0 Å². The summed E-state index contributed by atoms with van der Waals surface area (Å²) in [6.07, 6.45) is 3.18. The van der Waals surface area contributed by atoms with E-state index in [9.17, 15) is 4.79 Å². The van der Waals surface area contributed by atoms with Crippen LogP contribution in [-0.4, -0.2) is 10.8 Å². The van der Waals surface area contributed by atoms with Crippen LogP contribution in [0, 0.1) is 0 Å². The third kappa shape index (κ3) is 1.80. The van der Waals surface area contributed by atoms with Crippen molar-refractivity contribution in [2.45, 2.75) is 6.92 Å². The van der Waals surface area contributed by atoms with Gasteiger partial charge in [-0.25, -0.2) is 0 Å². The van der Waals surface area contributed by atoms with Gasteiger partial charge in [0.1, 0.15) is 0 Å². The number of hydrogen-bond acceptors (Lipinski definition) is 2. The van der Waals surface area contributed by atoms with Crippen LogP contribution in [-0.2, 0) is 0 Å². The summed E-state index contributed by atoms with van der Waals surface area (Å²) in [5.41, 5.74) is 1.14. The van der Waals surface area contributed by atoms with Crippen LogP contribution >= 0.6 is 15.9 Å². The predicted octanol–water partition coefficient (Wildman–Crippen LogP) is 2.60. The molecule has 0 atom stereocenters. The first-order valence-electron chi connectivity index (χ1n) is 3.42. The van der Waals surface area contributed by atoms with E-state index in [-0.39, 0.29) is 5.78 Å². The Morgan fingerprint density at radius 3 is 2.83 bits per heavy atom. The lowest BCUT2D eigenvalue weighted by molar-refractivity contribution is 0.103. The van der Waals surface area contributed by atoms with Crippen molar-refractivity contribution in [3.8, 4) is 0 Å². The molecule has 0 N–H and O–H groups in total. The highest BCUT2D eigenvalue weighted by Gasteiger charge is 2.09. The van der Waals surface area contributed by atoms with E-state index in [0.29, 0.717) is 15.6 Å². The van der Waals surface area contributed by atoms with E-state index in [1.165, 1.54) is 0 Å². The second kappa shape index (κ2) is 3.63. The quantitative estimate of drug-likeness (QED) is 0.573. The van der Waals surface area contributed by atoms with Gasteiger partial charge in [-0.1, -0.05) is 6.58 Å². The van der Waals surface area contributed by atoms with Crippen molar-refractivity contribution in [3.05, 3.63) is 40.6 Å². The van der Waals surface area contributed by atoms with Crippen LogP contribution in [0.1, 0.15) is 17.3 Å². The first kappa shape index (κ1) is 9.13. The SMILES string of the molecule is C=C(C)C(=O)c1ccncc1Br. The monoisotopic (exact) mass is 225 g/mol. The summed E-state index contributed by atoms with van der Waals surface area (Å²) < 4.78 is 0.706. The summed E-state index contributed by atoms with van der Waals surface area (Å²) in [7, 11) is 0. The molecule has 3 heteroatoms. The van der Waals surface area contributed by atoms with E-state index < -0.39 is 0 Å². The standard InChI is InChI=1S/C9H8BrNO/c1-6(2)9(12)7-3-4-11-5-8(7)10/h3-5H,1H2,2H3. The van der Waals surface area contributed by atoms with Crippen LogP contribution in [0.25, 0.3) is 0 Å². The van der Waals surface area contributed by atoms with Crippen LogP contribution in [0.15, 0.2) is 35.1 Å². The zero-order chi connectivity index (χ0) is 9.14. The van der Waals surface area contributed by atoms with Gasteiger partial charge in [-0.2, -0.15) is 0 Å². The summed E-state index contributed by atoms with van der Waals surface area (Å²) in [5.74, 6) is -0.0516. The number of halogens is 1. The zero-order valence-electron chi connectivity index (χ0n) is 6.67. The molecule has 0 aliphatic carbocycles. The second-order valence-corrected chi connectivity index (χ2v) is 3.32. The highest BCUT2D eigenvalue weighted by Crippen LogP contribution is 2.17.